The van der Waals surface area contributed by atoms with E-state index in [9.17, 15) is 34.8 Å². The van der Waals surface area contributed by atoms with Crippen LogP contribution in [0, 0.1) is 0 Å². The quantitative estimate of drug-likeness (QED) is 0.536. The Balaban J connectivity index is 2.40. The van der Waals surface area contributed by atoms with Gasteiger partial charge in [-0.25, -0.2) is 8.42 Å². The Bertz CT molecular complexity index is 802. The van der Waals surface area contributed by atoms with Crippen molar-refractivity contribution in [2.24, 2.45) is 5.16 Å². The second-order valence-corrected chi connectivity index (χ2v) is 8.27. The van der Waals surface area contributed by atoms with E-state index in [1.165, 1.54) is 6.92 Å². The highest BCUT2D eigenvalue weighted by atomic mass is 35.5. The molecule has 2 rings (SSSR count). The molecule has 1 aromatic carbocycles. The van der Waals surface area contributed by atoms with E-state index in [4.69, 9.17) is 16.4 Å². The summed E-state index contributed by atoms with van der Waals surface area (Å²) in [4.78, 5) is 4.90. The summed E-state index contributed by atoms with van der Waals surface area (Å²) in [7, 11) is -4.29. The van der Waals surface area contributed by atoms with E-state index < -0.39 is 55.3 Å². The Hall–Kier alpha value is -1.49. The maximum atomic E-state index is 12.8. The molecule has 0 spiro atoms. The summed E-state index contributed by atoms with van der Waals surface area (Å²) in [6.45, 7) is 1.47. The van der Waals surface area contributed by atoms with Crippen LogP contribution in [0.15, 0.2) is 23.4 Å². The fraction of sp³-hybridized carbons (Fsp3) is 0.500. The molecule has 0 bridgehead atoms. The summed E-state index contributed by atoms with van der Waals surface area (Å²) < 4.78 is 102. The van der Waals surface area contributed by atoms with E-state index in [1.807, 2.05) is 0 Å². The van der Waals surface area contributed by atoms with Crippen LogP contribution >= 0.6 is 11.6 Å². The molecule has 4 nitrogen and oxygen atoms in total. The van der Waals surface area contributed by atoms with Crippen LogP contribution in [0.25, 0.3) is 0 Å². The van der Waals surface area contributed by atoms with Crippen LogP contribution in [0.3, 0.4) is 0 Å². The molecule has 1 aliphatic rings. The first-order valence-corrected chi connectivity index (χ1v) is 9.17. The number of hydrogen-bond acceptors (Lipinski definition) is 4. The Morgan fingerprint density at radius 1 is 1.12 bits per heavy atom. The predicted octanol–water partition coefficient (Wildman–Crippen LogP) is 4.37. The summed E-state index contributed by atoms with van der Waals surface area (Å²) in [6.07, 6.45) is -10.4. The first kappa shape index (κ1) is 20.8. The van der Waals surface area contributed by atoms with Crippen LogP contribution in [0.2, 0.25) is 0 Å². The molecule has 0 amide bonds. The van der Waals surface area contributed by atoms with Gasteiger partial charge in [0.15, 0.2) is 20.5 Å². The molecular weight excluding hydrogens is 412 g/mol. The van der Waals surface area contributed by atoms with E-state index in [-0.39, 0.29) is 18.4 Å². The molecule has 0 radical (unpaired) electrons. The Labute approximate surface area is 149 Å². The summed E-state index contributed by atoms with van der Waals surface area (Å²) in [5.74, 6) is -1.18. The van der Waals surface area contributed by atoms with Gasteiger partial charge in [0, 0.05) is 6.42 Å². The molecule has 26 heavy (non-hydrogen) atoms. The highest BCUT2D eigenvalue weighted by Gasteiger charge is 2.40. The van der Waals surface area contributed by atoms with Crippen LogP contribution in [0.5, 0.6) is 0 Å². The van der Waals surface area contributed by atoms with Crippen molar-refractivity contribution in [3.05, 3.63) is 34.9 Å². The minimum Gasteiger partial charge on any atom is -0.387 e. The van der Waals surface area contributed by atoms with E-state index >= 15 is 0 Å². The second kappa shape index (κ2) is 6.59. The molecule has 0 aromatic heterocycles. The molecule has 0 N–H and O–H groups in total. The first-order chi connectivity index (χ1) is 11.7. The van der Waals surface area contributed by atoms with Crippen LogP contribution < -0.4 is 0 Å². The lowest BCUT2D eigenvalue weighted by molar-refractivity contribution is -0.143. The number of alkyl halides is 7. The van der Waals surface area contributed by atoms with Gasteiger partial charge < -0.3 is 4.84 Å². The maximum absolute atomic E-state index is 12.8. The predicted molar refractivity (Wildman–Crippen MR) is 81.3 cm³/mol. The van der Waals surface area contributed by atoms with Crippen molar-refractivity contribution in [1.82, 2.24) is 0 Å². The van der Waals surface area contributed by atoms with Gasteiger partial charge in [-0.3, -0.25) is 0 Å². The largest absolute Gasteiger partial charge is 0.416 e. The maximum Gasteiger partial charge on any atom is 0.416 e. The van der Waals surface area contributed by atoms with Crippen molar-refractivity contribution in [3.63, 3.8) is 0 Å². The van der Waals surface area contributed by atoms with Gasteiger partial charge in [0.25, 0.3) is 0 Å². The monoisotopic (exact) mass is 423 g/mol. The third kappa shape index (κ3) is 4.61. The van der Waals surface area contributed by atoms with Crippen molar-refractivity contribution in [2.75, 3.05) is 5.88 Å². The summed E-state index contributed by atoms with van der Waals surface area (Å²) >= 11 is 5.62. The van der Waals surface area contributed by atoms with Gasteiger partial charge in [-0.2, -0.15) is 26.3 Å². The van der Waals surface area contributed by atoms with Gasteiger partial charge in [0.1, 0.15) is 0 Å². The fourth-order valence-electron chi connectivity index (χ4n) is 2.19. The van der Waals surface area contributed by atoms with Crippen LogP contribution in [-0.4, -0.2) is 24.9 Å². The average molecular weight is 424 g/mol. The van der Waals surface area contributed by atoms with E-state index in [0.717, 1.165) is 0 Å². The number of sulfone groups is 1. The molecule has 12 heteroatoms. The van der Waals surface area contributed by atoms with Crippen LogP contribution in [-0.2, 0) is 32.8 Å². The van der Waals surface area contributed by atoms with Gasteiger partial charge in [-0.1, -0.05) is 5.16 Å². The van der Waals surface area contributed by atoms with Crippen molar-refractivity contribution < 1.29 is 39.6 Å². The number of hydrogen-bond donors (Lipinski definition) is 0. The lowest BCUT2D eigenvalue weighted by Crippen LogP contribution is -2.28. The molecule has 146 valence electrons. The molecule has 0 aliphatic carbocycles. The molecule has 0 saturated carbocycles. The molecule has 1 atom stereocenters. The van der Waals surface area contributed by atoms with E-state index in [1.54, 1.807) is 0 Å². The topological polar surface area (TPSA) is 55.7 Å². The second-order valence-electron chi connectivity index (χ2n) is 6.01. The molecular formula is C14H12ClF6NO3S. The molecule has 0 fully saturated rings. The average Bonchev–Trinajstić information content (AvgIpc) is 2.89. The van der Waals surface area contributed by atoms with Crippen molar-refractivity contribution in [1.29, 1.82) is 0 Å². The fourth-order valence-corrected chi connectivity index (χ4v) is 3.78. The molecule has 1 aromatic rings. The third-order valence-corrected chi connectivity index (χ3v) is 5.75. The van der Waals surface area contributed by atoms with Crippen molar-refractivity contribution in [2.45, 2.75) is 37.1 Å². The number of rotatable bonds is 3. The highest BCUT2D eigenvalue weighted by Crippen LogP contribution is 2.37. The summed E-state index contributed by atoms with van der Waals surface area (Å²) in [6, 6.07) is 0.657. The summed E-state index contributed by atoms with van der Waals surface area (Å²) in [5, 5.41) is 2.89. The Morgan fingerprint density at radius 2 is 1.62 bits per heavy atom. The number of oxime groups is 1. The van der Waals surface area contributed by atoms with Crippen LogP contribution in [0.4, 0.5) is 26.3 Å². The number of benzene rings is 1. The summed E-state index contributed by atoms with van der Waals surface area (Å²) in [5.41, 5.74) is -4.94. The molecule has 1 aliphatic heterocycles. The normalized spacial score (nSPS) is 21.5. The zero-order valence-electron chi connectivity index (χ0n) is 13.1. The minimum absolute atomic E-state index is 0.0725. The minimum atomic E-state index is -5.06. The van der Waals surface area contributed by atoms with Gasteiger partial charge in [0.05, 0.1) is 22.8 Å². The smallest absolute Gasteiger partial charge is 0.387 e. The van der Waals surface area contributed by atoms with Gasteiger partial charge in [-0.05, 0) is 30.7 Å². The lowest BCUT2D eigenvalue weighted by atomic mass is 10.1. The number of nitrogens with zero attached hydrogens (tertiary/aromatic N) is 1. The van der Waals surface area contributed by atoms with Gasteiger partial charge in [0.2, 0.25) is 0 Å². The number of halogens is 7. The molecule has 1 heterocycles. The Kier molecular flexibility index (Phi) is 5.28. The zero-order valence-corrected chi connectivity index (χ0v) is 14.7. The van der Waals surface area contributed by atoms with Crippen LogP contribution in [0.1, 0.15) is 30.0 Å². The highest BCUT2D eigenvalue weighted by molar-refractivity contribution is 8.05. The van der Waals surface area contributed by atoms with Gasteiger partial charge in [-0.15, -0.1) is 11.6 Å². The van der Waals surface area contributed by atoms with Gasteiger partial charge >= 0.3 is 12.4 Å². The third-order valence-electron chi connectivity index (χ3n) is 3.54. The molecule has 1 unspecified atom stereocenters. The SMILES string of the molecule is CC1(CCl)CC(S(=O)(=O)Cc2cc(C(F)(F)F)cc(C(F)(F)F)c2)=NO1. The van der Waals surface area contributed by atoms with Crippen molar-refractivity contribution in [3.8, 4) is 0 Å². The zero-order chi connectivity index (χ0) is 20.0. The van der Waals surface area contributed by atoms with E-state index in [2.05, 4.69) is 5.16 Å². The first-order valence-electron chi connectivity index (χ1n) is 6.98. The Morgan fingerprint density at radius 3 is 2.00 bits per heavy atom. The van der Waals surface area contributed by atoms with E-state index in [0.29, 0.717) is 12.1 Å². The lowest BCUT2D eigenvalue weighted by Gasteiger charge is -2.17. The standard InChI is InChI=1S/C14H12ClF6NO3S/c1-12(7-15)5-11(22-25-12)26(23,24)6-8-2-9(13(16,17)18)4-10(3-8)14(19,20)21/h2-4H,5-7H2,1H3. The van der Waals surface area contributed by atoms with Crippen molar-refractivity contribution >= 4 is 26.5 Å². The molecule has 0 saturated heterocycles.